The summed E-state index contributed by atoms with van der Waals surface area (Å²) in [5, 5.41) is 3.24. The minimum absolute atomic E-state index is 0.0660. The fourth-order valence-corrected chi connectivity index (χ4v) is 2.81. The SMILES string of the molecule is CCCC(=O)NCCN(Cc1ccccc1Cl)S(C)(=O)=O. The van der Waals surface area contributed by atoms with Crippen LogP contribution in [0.25, 0.3) is 0 Å². The Balaban J connectivity index is 2.66. The average molecular weight is 333 g/mol. The molecule has 0 aromatic heterocycles. The number of nitrogens with zero attached hydrogens (tertiary/aromatic N) is 1. The Morgan fingerprint density at radius 2 is 2.00 bits per heavy atom. The molecule has 0 spiro atoms. The van der Waals surface area contributed by atoms with Crippen molar-refractivity contribution in [3.05, 3.63) is 34.9 Å². The maximum absolute atomic E-state index is 11.8. The largest absolute Gasteiger partial charge is 0.355 e. The Labute approximate surface area is 131 Å². The van der Waals surface area contributed by atoms with Gasteiger partial charge in [-0.25, -0.2) is 8.42 Å². The second kappa shape index (κ2) is 8.36. The van der Waals surface area contributed by atoms with Crippen molar-refractivity contribution in [1.82, 2.24) is 9.62 Å². The third-order valence-corrected chi connectivity index (χ3v) is 4.55. The van der Waals surface area contributed by atoms with Gasteiger partial charge >= 0.3 is 0 Å². The molecule has 1 amide bonds. The third kappa shape index (κ3) is 6.46. The van der Waals surface area contributed by atoms with Crippen molar-refractivity contribution in [3.8, 4) is 0 Å². The lowest BCUT2D eigenvalue weighted by molar-refractivity contribution is -0.121. The van der Waals surface area contributed by atoms with Crippen LogP contribution in [-0.4, -0.2) is 38.0 Å². The third-order valence-electron chi connectivity index (χ3n) is 2.93. The Morgan fingerprint density at radius 3 is 2.57 bits per heavy atom. The van der Waals surface area contributed by atoms with Crippen LogP contribution in [-0.2, 0) is 21.4 Å². The molecule has 118 valence electrons. The van der Waals surface area contributed by atoms with Gasteiger partial charge in [0, 0.05) is 31.1 Å². The quantitative estimate of drug-likeness (QED) is 0.792. The summed E-state index contributed by atoms with van der Waals surface area (Å²) in [5.41, 5.74) is 0.740. The van der Waals surface area contributed by atoms with Crippen LogP contribution >= 0.6 is 11.6 Å². The molecule has 1 aromatic rings. The first-order chi connectivity index (χ1) is 9.84. The van der Waals surface area contributed by atoms with Crippen molar-refractivity contribution in [2.45, 2.75) is 26.3 Å². The smallest absolute Gasteiger partial charge is 0.220 e. The van der Waals surface area contributed by atoms with E-state index < -0.39 is 10.0 Å². The van der Waals surface area contributed by atoms with Crippen LogP contribution in [0.2, 0.25) is 5.02 Å². The van der Waals surface area contributed by atoms with Gasteiger partial charge in [0.05, 0.1) is 6.26 Å². The molecule has 0 unspecified atom stereocenters. The Bertz CT molecular complexity index is 575. The zero-order chi connectivity index (χ0) is 15.9. The van der Waals surface area contributed by atoms with Crippen LogP contribution in [0.15, 0.2) is 24.3 Å². The second-order valence-electron chi connectivity index (χ2n) is 4.79. The predicted molar refractivity (Wildman–Crippen MR) is 84.6 cm³/mol. The van der Waals surface area contributed by atoms with E-state index in [1.807, 2.05) is 13.0 Å². The molecular formula is C14H21ClN2O3S. The molecule has 0 fully saturated rings. The highest BCUT2D eigenvalue weighted by Crippen LogP contribution is 2.18. The van der Waals surface area contributed by atoms with Crippen LogP contribution in [0.4, 0.5) is 0 Å². The van der Waals surface area contributed by atoms with Gasteiger partial charge in [0.1, 0.15) is 0 Å². The minimum Gasteiger partial charge on any atom is -0.355 e. The Morgan fingerprint density at radius 1 is 1.33 bits per heavy atom. The molecule has 0 saturated heterocycles. The van der Waals surface area contributed by atoms with E-state index in [0.717, 1.165) is 18.2 Å². The van der Waals surface area contributed by atoms with E-state index in [9.17, 15) is 13.2 Å². The zero-order valence-electron chi connectivity index (χ0n) is 12.3. The second-order valence-corrected chi connectivity index (χ2v) is 7.18. The van der Waals surface area contributed by atoms with Gasteiger partial charge in [-0.3, -0.25) is 4.79 Å². The van der Waals surface area contributed by atoms with E-state index in [0.29, 0.717) is 11.4 Å². The highest BCUT2D eigenvalue weighted by Gasteiger charge is 2.18. The normalized spacial score (nSPS) is 11.6. The molecule has 1 N–H and O–H groups in total. The summed E-state index contributed by atoms with van der Waals surface area (Å²) < 4.78 is 24.9. The molecular weight excluding hydrogens is 312 g/mol. The lowest BCUT2D eigenvalue weighted by atomic mass is 10.2. The molecule has 5 nitrogen and oxygen atoms in total. The summed E-state index contributed by atoms with van der Waals surface area (Å²) in [6.07, 6.45) is 2.36. The van der Waals surface area contributed by atoms with Crippen molar-refractivity contribution in [2.75, 3.05) is 19.3 Å². The number of rotatable bonds is 8. The molecule has 0 aliphatic carbocycles. The summed E-state index contributed by atoms with van der Waals surface area (Å²) in [5.74, 6) is -0.0660. The molecule has 21 heavy (non-hydrogen) atoms. The van der Waals surface area contributed by atoms with Crippen LogP contribution in [0, 0.1) is 0 Å². The Kier molecular flexibility index (Phi) is 7.14. The summed E-state index contributed by atoms with van der Waals surface area (Å²) in [6, 6.07) is 7.11. The number of hydrogen-bond acceptors (Lipinski definition) is 3. The van der Waals surface area contributed by atoms with E-state index in [4.69, 9.17) is 11.6 Å². The molecule has 7 heteroatoms. The molecule has 0 aliphatic rings. The summed E-state index contributed by atoms with van der Waals surface area (Å²) in [7, 11) is -3.37. The highest BCUT2D eigenvalue weighted by molar-refractivity contribution is 7.88. The van der Waals surface area contributed by atoms with E-state index in [1.165, 1.54) is 4.31 Å². The fraction of sp³-hybridized carbons (Fsp3) is 0.500. The van der Waals surface area contributed by atoms with Crippen molar-refractivity contribution in [1.29, 1.82) is 0 Å². The van der Waals surface area contributed by atoms with Crippen molar-refractivity contribution < 1.29 is 13.2 Å². The van der Waals surface area contributed by atoms with Gasteiger partial charge in [-0.2, -0.15) is 4.31 Å². The Hall–Kier alpha value is -1.11. The minimum atomic E-state index is -3.37. The van der Waals surface area contributed by atoms with Gasteiger partial charge in [-0.15, -0.1) is 0 Å². The molecule has 0 atom stereocenters. The summed E-state index contributed by atoms with van der Waals surface area (Å²) in [6.45, 7) is 2.62. The highest BCUT2D eigenvalue weighted by atomic mass is 35.5. The number of sulfonamides is 1. The van der Waals surface area contributed by atoms with Gasteiger partial charge in [0.25, 0.3) is 0 Å². The van der Waals surface area contributed by atoms with Crippen molar-refractivity contribution in [2.24, 2.45) is 0 Å². The van der Waals surface area contributed by atoms with Gasteiger partial charge in [0.2, 0.25) is 15.9 Å². The van der Waals surface area contributed by atoms with Gasteiger partial charge in [-0.05, 0) is 18.1 Å². The van der Waals surface area contributed by atoms with Crippen molar-refractivity contribution in [3.63, 3.8) is 0 Å². The lowest BCUT2D eigenvalue weighted by Crippen LogP contribution is -2.37. The molecule has 0 heterocycles. The van der Waals surface area contributed by atoms with E-state index in [-0.39, 0.29) is 25.5 Å². The number of hydrogen-bond donors (Lipinski definition) is 1. The summed E-state index contributed by atoms with van der Waals surface area (Å²) in [4.78, 5) is 11.4. The van der Waals surface area contributed by atoms with Gasteiger partial charge in [-0.1, -0.05) is 36.7 Å². The van der Waals surface area contributed by atoms with E-state index >= 15 is 0 Å². The molecule has 0 radical (unpaired) electrons. The molecule has 1 aromatic carbocycles. The monoisotopic (exact) mass is 332 g/mol. The molecule has 0 saturated carbocycles. The van der Waals surface area contributed by atoms with Gasteiger partial charge < -0.3 is 5.32 Å². The maximum Gasteiger partial charge on any atom is 0.220 e. The number of halogens is 1. The number of amides is 1. The molecule has 0 bridgehead atoms. The zero-order valence-corrected chi connectivity index (χ0v) is 13.9. The standard InChI is InChI=1S/C14H21ClN2O3S/c1-3-6-14(18)16-9-10-17(21(2,19)20)11-12-7-4-5-8-13(12)15/h4-5,7-8H,3,6,9-11H2,1-2H3,(H,16,18). The first-order valence-electron chi connectivity index (χ1n) is 6.79. The topological polar surface area (TPSA) is 66.5 Å². The predicted octanol–water partition coefficient (Wildman–Crippen LogP) is 2.02. The van der Waals surface area contributed by atoms with E-state index in [1.54, 1.807) is 18.2 Å². The first-order valence-corrected chi connectivity index (χ1v) is 9.02. The molecule has 0 aliphatic heterocycles. The van der Waals surface area contributed by atoms with Crippen LogP contribution < -0.4 is 5.32 Å². The van der Waals surface area contributed by atoms with Crippen molar-refractivity contribution >= 4 is 27.5 Å². The number of carbonyl (C=O) groups is 1. The number of benzene rings is 1. The van der Waals surface area contributed by atoms with Crippen LogP contribution in [0.3, 0.4) is 0 Å². The average Bonchev–Trinajstić information content (AvgIpc) is 2.39. The van der Waals surface area contributed by atoms with Gasteiger partial charge in [0.15, 0.2) is 0 Å². The number of nitrogens with one attached hydrogen (secondary N) is 1. The number of carbonyl (C=O) groups excluding carboxylic acids is 1. The van der Waals surface area contributed by atoms with Crippen LogP contribution in [0.5, 0.6) is 0 Å². The summed E-state index contributed by atoms with van der Waals surface area (Å²) >= 11 is 6.05. The maximum atomic E-state index is 11.8. The van der Waals surface area contributed by atoms with E-state index in [2.05, 4.69) is 5.32 Å². The lowest BCUT2D eigenvalue weighted by Gasteiger charge is -2.20. The first kappa shape index (κ1) is 17.9. The molecule has 1 rings (SSSR count). The fourth-order valence-electron chi connectivity index (χ4n) is 1.81. The van der Waals surface area contributed by atoms with Crippen LogP contribution in [0.1, 0.15) is 25.3 Å².